The van der Waals surface area contributed by atoms with Gasteiger partial charge in [0.25, 0.3) is 5.91 Å². The fourth-order valence-corrected chi connectivity index (χ4v) is 2.26. The fourth-order valence-electron chi connectivity index (χ4n) is 2.26. The molecule has 0 saturated carbocycles. The molecule has 0 aliphatic carbocycles. The first kappa shape index (κ1) is 15.3. The van der Waals surface area contributed by atoms with Crippen LogP contribution in [0.4, 0.5) is 0 Å². The first-order valence-corrected chi connectivity index (χ1v) is 7.15. The van der Waals surface area contributed by atoms with Crippen LogP contribution in [0.2, 0.25) is 0 Å². The Morgan fingerprint density at radius 1 is 1.24 bits per heavy atom. The normalized spacial score (nSPS) is 12.6. The minimum atomic E-state index is -0.232. The molecule has 0 saturated heterocycles. The van der Waals surface area contributed by atoms with E-state index >= 15 is 0 Å². The van der Waals surface area contributed by atoms with Crippen LogP contribution in [0.25, 0.3) is 10.8 Å². The summed E-state index contributed by atoms with van der Waals surface area (Å²) in [6.45, 7) is 2.88. The Kier molecular flexibility index (Phi) is 4.81. The number of nitrogens with one attached hydrogen (secondary N) is 1. The highest BCUT2D eigenvalue weighted by Crippen LogP contribution is 2.28. The number of aromatic hydroxyl groups is 1. The molecule has 0 spiro atoms. The minimum Gasteiger partial charge on any atom is -0.506 e. The summed E-state index contributed by atoms with van der Waals surface area (Å²) in [6, 6.07) is 11.1. The van der Waals surface area contributed by atoms with Gasteiger partial charge in [-0.25, -0.2) is 0 Å². The molecule has 2 aromatic carbocycles. The number of carbonyl (C=O) groups excluding carboxylic acids is 1. The third kappa shape index (κ3) is 3.73. The Morgan fingerprint density at radius 2 is 1.95 bits per heavy atom. The molecular formula is C17H22N2O2. The van der Waals surface area contributed by atoms with Gasteiger partial charge in [0.2, 0.25) is 0 Å². The first-order valence-electron chi connectivity index (χ1n) is 7.15. The molecule has 4 heteroatoms. The Labute approximate surface area is 125 Å². The summed E-state index contributed by atoms with van der Waals surface area (Å²) in [7, 11) is 4.01. The van der Waals surface area contributed by atoms with Crippen molar-refractivity contribution in [2.75, 3.05) is 20.6 Å². The summed E-state index contributed by atoms with van der Waals surface area (Å²) in [6.07, 6.45) is 0.868. The van der Waals surface area contributed by atoms with Gasteiger partial charge in [-0.15, -0.1) is 0 Å². The lowest BCUT2D eigenvalue weighted by Gasteiger charge is -2.17. The summed E-state index contributed by atoms with van der Waals surface area (Å²) >= 11 is 0. The zero-order valence-corrected chi connectivity index (χ0v) is 12.8. The maximum Gasteiger partial charge on any atom is 0.255 e. The summed E-state index contributed by atoms with van der Waals surface area (Å²) in [5.74, 6) is -0.185. The van der Waals surface area contributed by atoms with Crippen molar-refractivity contribution in [2.24, 2.45) is 0 Å². The molecule has 0 radical (unpaired) electrons. The van der Waals surface area contributed by atoms with Crippen LogP contribution in [-0.4, -0.2) is 42.6 Å². The summed E-state index contributed by atoms with van der Waals surface area (Å²) < 4.78 is 0. The number of carbonyl (C=O) groups is 1. The van der Waals surface area contributed by atoms with E-state index in [0.29, 0.717) is 10.9 Å². The summed E-state index contributed by atoms with van der Waals surface area (Å²) in [5.41, 5.74) is 0.324. The molecule has 112 valence electrons. The van der Waals surface area contributed by atoms with E-state index in [-0.39, 0.29) is 17.7 Å². The molecule has 2 N–H and O–H groups in total. The topological polar surface area (TPSA) is 52.6 Å². The van der Waals surface area contributed by atoms with Gasteiger partial charge in [0.1, 0.15) is 5.75 Å². The van der Waals surface area contributed by atoms with E-state index in [2.05, 4.69) is 10.2 Å². The molecule has 0 aliphatic heterocycles. The number of hydrogen-bond acceptors (Lipinski definition) is 3. The van der Waals surface area contributed by atoms with Crippen LogP contribution in [-0.2, 0) is 0 Å². The molecule has 1 unspecified atom stereocenters. The molecule has 21 heavy (non-hydrogen) atoms. The summed E-state index contributed by atoms with van der Waals surface area (Å²) in [5, 5.41) is 14.8. The van der Waals surface area contributed by atoms with Gasteiger partial charge in [0.05, 0.1) is 5.56 Å². The van der Waals surface area contributed by atoms with Crippen molar-refractivity contribution in [1.29, 1.82) is 0 Å². The monoisotopic (exact) mass is 286 g/mol. The van der Waals surface area contributed by atoms with Gasteiger partial charge < -0.3 is 15.3 Å². The molecule has 2 rings (SSSR count). The maximum atomic E-state index is 12.3. The number of fused-ring (bicyclic) bond motifs is 1. The van der Waals surface area contributed by atoms with Gasteiger partial charge in [-0.1, -0.05) is 30.3 Å². The highest BCUT2D eigenvalue weighted by Gasteiger charge is 2.15. The molecule has 2 aromatic rings. The smallest absolute Gasteiger partial charge is 0.255 e. The Bertz CT molecular complexity index is 638. The largest absolute Gasteiger partial charge is 0.506 e. The average Bonchev–Trinajstić information content (AvgIpc) is 2.45. The highest BCUT2D eigenvalue weighted by molar-refractivity contribution is 6.03. The third-order valence-electron chi connectivity index (χ3n) is 3.53. The van der Waals surface area contributed by atoms with Crippen molar-refractivity contribution in [1.82, 2.24) is 10.2 Å². The number of hydrogen-bond donors (Lipinski definition) is 2. The molecule has 1 amide bonds. The second-order valence-electron chi connectivity index (χ2n) is 5.65. The predicted molar refractivity (Wildman–Crippen MR) is 85.7 cm³/mol. The van der Waals surface area contributed by atoms with Crippen molar-refractivity contribution in [3.63, 3.8) is 0 Å². The van der Waals surface area contributed by atoms with Crippen LogP contribution in [0, 0.1) is 0 Å². The van der Waals surface area contributed by atoms with Crippen molar-refractivity contribution >= 4 is 16.7 Å². The van der Waals surface area contributed by atoms with Crippen molar-refractivity contribution < 1.29 is 9.90 Å². The molecule has 0 aromatic heterocycles. The van der Waals surface area contributed by atoms with E-state index < -0.39 is 0 Å². The maximum absolute atomic E-state index is 12.3. The molecule has 0 bridgehead atoms. The molecule has 0 fully saturated rings. The molecule has 0 aliphatic rings. The Balaban J connectivity index is 2.14. The van der Waals surface area contributed by atoms with Gasteiger partial charge in [0, 0.05) is 11.4 Å². The zero-order valence-electron chi connectivity index (χ0n) is 12.8. The zero-order chi connectivity index (χ0) is 15.4. The third-order valence-corrected chi connectivity index (χ3v) is 3.53. The second kappa shape index (κ2) is 6.59. The predicted octanol–water partition coefficient (Wildman–Crippen LogP) is 2.62. The van der Waals surface area contributed by atoms with Gasteiger partial charge in [-0.05, 0) is 45.4 Å². The Morgan fingerprint density at radius 3 is 2.67 bits per heavy atom. The van der Waals surface area contributed by atoms with Crippen LogP contribution in [0.1, 0.15) is 23.7 Å². The molecule has 0 heterocycles. The van der Waals surface area contributed by atoms with Gasteiger partial charge in [-0.2, -0.15) is 0 Å². The average molecular weight is 286 g/mol. The minimum absolute atomic E-state index is 0.0467. The summed E-state index contributed by atoms with van der Waals surface area (Å²) in [4.78, 5) is 14.4. The van der Waals surface area contributed by atoms with Crippen LogP contribution < -0.4 is 5.32 Å². The number of phenolic OH excluding ortho intramolecular Hbond substituents is 1. The van der Waals surface area contributed by atoms with Crippen molar-refractivity contribution in [3.8, 4) is 5.75 Å². The van der Waals surface area contributed by atoms with E-state index in [9.17, 15) is 9.90 Å². The second-order valence-corrected chi connectivity index (χ2v) is 5.65. The number of benzene rings is 2. The number of amides is 1. The lowest BCUT2D eigenvalue weighted by Crippen LogP contribution is -2.34. The van der Waals surface area contributed by atoms with Gasteiger partial charge in [0.15, 0.2) is 0 Å². The standard InChI is InChI=1S/C17H22N2O2/c1-12(10-11-19(2)3)18-17(21)15-9-8-13-6-4-5-7-14(13)16(15)20/h4-9,12,20H,10-11H2,1-3H3,(H,18,21). The van der Waals surface area contributed by atoms with Crippen molar-refractivity contribution in [3.05, 3.63) is 42.0 Å². The van der Waals surface area contributed by atoms with Crippen LogP contribution >= 0.6 is 0 Å². The molecule has 1 atom stereocenters. The fraction of sp³-hybridized carbons (Fsp3) is 0.353. The van der Waals surface area contributed by atoms with Crippen LogP contribution in [0.3, 0.4) is 0 Å². The molecule has 4 nitrogen and oxygen atoms in total. The van der Waals surface area contributed by atoms with Crippen molar-refractivity contribution in [2.45, 2.75) is 19.4 Å². The number of rotatable bonds is 5. The van der Waals surface area contributed by atoms with Gasteiger partial charge >= 0.3 is 0 Å². The molecular weight excluding hydrogens is 264 g/mol. The lowest BCUT2D eigenvalue weighted by molar-refractivity contribution is 0.0934. The van der Waals surface area contributed by atoms with Gasteiger partial charge in [-0.3, -0.25) is 4.79 Å². The van der Waals surface area contributed by atoms with E-state index in [4.69, 9.17) is 0 Å². The highest BCUT2D eigenvalue weighted by atomic mass is 16.3. The lowest BCUT2D eigenvalue weighted by atomic mass is 10.0. The van der Waals surface area contributed by atoms with E-state index in [1.807, 2.05) is 51.4 Å². The van der Waals surface area contributed by atoms with E-state index in [0.717, 1.165) is 18.4 Å². The Hall–Kier alpha value is -2.07. The van der Waals surface area contributed by atoms with E-state index in [1.54, 1.807) is 6.07 Å². The van der Waals surface area contributed by atoms with E-state index in [1.165, 1.54) is 0 Å². The van der Waals surface area contributed by atoms with Crippen LogP contribution in [0.5, 0.6) is 5.75 Å². The first-order chi connectivity index (χ1) is 9.99. The number of phenols is 1. The SMILES string of the molecule is CC(CCN(C)C)NC(=O)c1ccc2ccccc2c1O. The quantitative estimate of drug-likeness (QED) is 0.888. The van der Waals surface area contributed by atoms with Crippen LogP contribution in [0.15, 0.2) is 36.4 Å². The number of nitrogens with zero attached hydrogens (tertiary/aromatic N) is 1.